The van der Waals surface area contributed by atoms with Gasteiger partial charge in [-0.15, -0.1) is 0 Å². The zero-order chi connectivity index (χ0) is 18.7. The molecule has 0 saturated heterocycles. The number of benzene rings is 2. The summed E-state index contributed by atoms with van der Waals surface area (Å²) in [6, 6.07) is 6.54. The second kappa shape index (κ2) is 7.36. The average Bonchev–Trinajstić information content (AvgIpc) is 2.61. The van der Waals surface area contributed by atoms with Gasteiger partial charge in [0.1, 0.15) is 17.3 Å². The zero-order valence-electron chi connectivity index (χ0n) is 13.7. The van der Waals surface area contributed by atoms with Crippen molar-refractivity contribution in [1.29, 1.82) is 0 Å². The molecule has 1 heterocycles. The van der Waals surface area contributed by atoms with Crippen LogP contribution >= 0.6 is 0 Å². The first-order chi connectivity index (χ1) is 12.5. The molecule has 1 amide bonds. The number of carbonyl (C=O) groups excluding carboxylic acids is 1. The maximum atomic E-state index is 13.7. The number of anilines is 1. The predicted molar refractivity (Wildman–Crippen MR) is 90.2 cm³/mol. The SMILES string of the molecule is Nc1ccc(C(=O)NCCc2cc(F)cc3c2OCOC3)cc1[N+](=O)[O-]. The predicted octanol–water partition coefficient (Wildman–Crippen LogP) is 2.16. The summed E-state index contributed by atoms with van der Waals surface area (Å²) in [5.74, 6) is -0.328. The van der Waals surface area contributed by atoms with E-state index < -0.39 is 16.6 Å². The van der Waals surface area contributed by atoms with Gasteiger partial charge in [0.2, 0.25) is 0 Å². The zero-order valence-corrected chi connectivity index (χ0v) is 13.7. The van der Waals surface area contributed by atoms with E-state index in [1.165, 1.54) is 24.3 Å². The molecule has 3 rings (SSSR count). The number of halogens is 1. The van der Waals surface area contributed by atoms with Crippen molar-refractivity contribution in [1.82, 2.24) is 5.32 Å². The highest BCUT2D eigenvalue weighted by molar-refractivity contribution is 5.95. The van der Waals surface area contributed by atoms with Crippen molar-refractivity contribution in [3.05, 3.63) is 63.0 Å². The lowest BCUT2D eigenvalue weighted by Gasteiger charge is -2.21. The molecule has 2 aromatic rings. The minimum atomic E-state index is -0.648. The van der Waals surface area contributed by atoms with Crippen LogP contribution in [0.25, 0.3) is 0 Å². The molecule has 0 atom stereocenters. The Balaban J connectivity index is 1.67. The summed E-state index contributed by atoms with van der Waals surface area (Å²) in [5.41, 5.74) is 6.52. The van der Waals surface area contributed by atoms with E-state index in [1.807, 2.05) is 0 Å². The number of nitrogens with one attached hydrogen (secondary N) is 1. The summed E-state index contributed by atoms with van der Waals surface area (Å²) in [5, 5.41) is 13.5. The Morgan fingerprint density at radius 1 is 1.35 bits per heavy atom. The number of nitrogens with zero attached hydrogens (tertiary/aromatic N) is 1. The lowest BCUT2D eigenvalue weighted by Crippen LogP contribution is -2.26. The normalized spacial score (nSPS) is 12.8. The van der Waals surface area contributed by atoms with E-state index in [0.29, 0.717) is 23.3 Å². The fourth-order valence-electron chi connectivity index (χ4n) is 2.70. The monoisotopic (exact) mass is 361 g/mol. The van der Waals surface area contributed by atoms with Gasteiger partial charge in [0, 0.05) is 23.7 Å². The highest BCUT2D eigenvalue weighted by Crippen LogP contribution is 2.29. The van der Waals surface area contributed by atoms with Crippen LogP contribution in [0.5, 0.6) is 5.75 Å². The second-order valence-corrected chi connectivity index (χ2v) is 5.70. The summed E-state index contributed by atoms with van der Waals surface area (Å²) in [6.45, 7) is 0.561. The van der Waals surface area contributed by atoms with Crippen LogP contribution in [-0.2, 0) is 17.8 Å². The van der Waals surface area contributed by atoms with Gasteiger partial charge in [-0.25, -0.2) is 4.39 Å². The van der Waals surface area contributed by atoms with Gasteiger partial charge in [0.05, 0.1) is 11.5 Å². The Hall–Kier alpha value is -3.20. The van der Waals surface area contributed by atoms with Crippen molar-refractivity contribution in [2.24, 2.45) is 0 Å². The van der Waals surface area contributed by atoms with Crippen LogP contribution in [0.3, 0.4) is 0 Å². The molecule has 1 aliphatic rings. The van der Waals surface area contributed by atoms with E-state index in [2.05, 4.69) is 5.32 Å². The number of nitrogen functional groups attached to an aromatic ring is 1. The first kappa shape index (κ1) is 17.6. The highest BCUT2D eigenvalue weighted by Gasteiger charge is 2.18. The summed E-state index contributed by atoms with van der Waals surface area (Å²) in [6.07, 6.45) is 0.336. The molecule has 0 aliphatic carbocycles. The number of ether oxygens (including phenoxy) is 2. The van der Waals surface area contributed by atoms with Crippen LogP contribution in [0.1, 0.15) is 21.5 Å². The molecule has 0 bridgehead atoms. The van der Waals surface area contributed by atoms with Crippen molar-refractivity contribution in [3.8, 4) is 5.75 Å². The fourth-order valence-corrected chi connectivity index (χ4v) is 2.70. The minimum absolute atomic E-state index is 0.0164. The summed E-state index contributed by atoms with van der Waals surface area (Å²) in [4.78, 5) is 22.4. The van der Waals surface area contributed by atoms with Gasteiger partial charge in [-0.3, -0.25) is 14.9 Å². The molecule has 9 heteroatoms. The molecule has 0 unspecified atom stereocenters. The van der Waals surface area contributed by atoms with Crippen molar-refractivity contribution in [2.45, 2.75) is 13.0 Å². The number of nitro groups is 1. The number of hydrogen-bond acceptors (Lipinski definition) is 6. The number of nitrogens with two attached hydrogens (primary N) is 1. The number of rotatable bonds is 5. The third kappa shape index (κ3) is 3.72. The average molecular weight is 361 g/mol. The van der Waals surface area contributed by atoms with E-state index >= 15 is 0 Å². The quantitative estimate of drug-likeness (QED) is 0.479. The molecule has 136 valence electrons. The fraction of sp³-hybridized carbons (Fsp3) is 0.235. The number of hydrogen-bond donors (Lipinski definition) is 2. The van der Waals surface area contributed by atoms with Crippen molar-refractivity contribution >= 4 is 17.3 Å². The van der Waals surface area contributed by atoms with E-state index in [1.54, 1.807) is 0 Å². The number of fused-ring (bicyclic) bond motifs is 1. The molecule has 0 saturated carbocycles. The Morgan fingerprint density at radius 2 is 2.15 bits per heavy atom. The molecule has 3 N–H and O–H groups in total. The second-order valence-electron chi connectivity index (χ2n) is 5.70. The number of carbonyl (C=O) groups is 1. The van der Waals surface area contributed by atoms with Crippen LogP contribution in [0, 0.1) is 15.9 Å². The van der Waals surface area contributed by atoms with E-state index in [-0.39, 0.29) is 36.9 Å². The topological polar surface area (TPSA) is 117 Å². The van der Waals surface area contributed by atoms with Crippen LogP contribution in [0.15, 0.2) is 30.3 Å². The smallest absolute Gasteiger partial charge is 0.292 e. The van der Waals surface area contributed by atoms with Crippen LogP contribution < -0.4 is 15.8 Å². The molecule has 0 aromatic heterocycles. The Kier molecular flexibility index (Phi) is 4.99. The van der Waals surface area contributed by atoms with Crippen molar-refractivity contribution < 1.29 is 23.6 Å². The maximum absolute atomic E-state index is 13.7. The van der Waals surface area contributed by atoms with Gasteiger partial charge in [-0.1, -0.05) is 0 Å². The lowest BCUT2D eigenvalue weighted by molar-refractivity contribution is -0.383. The molecular formula is C17H16FN3O5. The van der Waals surface area contributed by atoms with Gasteiger partial charge in [-0.2, -0.15) is 0 Å². The number of nitro benzene ring substituents is 1. The molecule has 0 spiro atoms. The third-order valence-electron chi connectivity index (χ3n) is 3.92. The van der Waals surface area contributed by atoms with Gasteiger partial charge in [0.25, 0.3) is 11.6 Å². The van der Waals surface area contributed by atoms with Crippen LogP contribution in [0.2, 0.25) is 0 Å². The van der Waals surface area contributed by atoms with Gasteiger partial charge in [0.15, 0.2) is 6.79 Å². The summed E-state index contributed by atoms with van der Waals surface area (Å²) in [7, 11) is 0. The third-order valence-corrected chi connectivity index (χ3v) is 3.92. The van der Waals surface area contributed by atoms with Crippen molar-refractivity contribution in [3.63, 3.8) is 0 Å². The molecule has 8 nitrogen and oxygen atoms in total. The first-order valence-corrected chi connectivity index (χ1v) is 7.79. The molecule has 0 fully saturated rings. The van der Waals surface area contributed by atoms with E-state index in [4.69, 9.17) is 15.2 Å². The van der Waals surface area contributed by atoms with Gasteiger partial charge < -0.3 is 20.5 Å². The molecule has 0 radical (unpaired) electrons. The maximum Gasteiger partial charge on any atom is 0.292 e. The van der Waals surface area contributed by atoms with Gasteiger partial charge >= 0.3 is 0 Å². The standard InChI is InChI=1S/C17H16FN3O5/c18-13-5-10(16-12(6-13)8-25-9-26-16)3-4-20-17(22)11-1-2-14(19)15(7-11)21(23)24/h1-2,5-7H,3-4,8-9,19H2,(H,20,22). The first-order valence-electron chi connectivity index (χ1n) is 7.79. The minimum Gasteiger partial charge on any atom is -0.467 e. The van der Waals surface area contributed by atoms with Crippen LogP contribution in [0.4, 0.5) is 15.8 Å². The van der Waals surface area contributed by atoms with Crippen molar-refractivity contribution in [2.75, 3.05) is 19.1 Å². The molecule has 2 aromatic carbocycles. The highest BCUT2D eigenvalue weighted by atomic mass is 19.1. The largest absolute Gasteiger partial charge is 0.467 e. The Morgan fingerprint density at radius 3 is 2.92 bits per heavy atom. The molecular weight excluding hydrogens is 345 g/mol. The van der Waals surface area contributed by atoms with Crippen LogP contribution in [-0.4, -0.2) is 24.2 Å². The Labute approximate surface area is 147 Å². The van der Waals surface area contributed by atoms with E-state index in [0.717, 1.165) is 6.07 Å². The molecule has 1 aliphatic heterocycles. The summed E-state index contributed by atoms with van der Waals surface area (Å²) < 4.78 is 24.2. The van der Waals surface area contributed by atoms with Gasteiger partial charge in [-0.05, 0) is 36.2 Å². The lowest BCUT2D eigenvalue weighted by atomic mass is 10.1. The summed E-state index contributed by atoms with van der Waals surface area (Å²) >= 11 is 0. The molecule has 26 heavy (non-hydrogen) atoms. The van der Waals surface area contributed by atoms with E-state index in [9.17, 15) is 19.3 Å². The number of amides is 1. The Bertz CT molecular complexity index is 872.